The van der Waals surface area contributed by atoms with Gasteiger partial charge in [0.05, 0.1) is 6.04 Å². The number of amides is 1. The van der Waals surface area contributed by atoms with Crippen molar-refractivity contribution in [3.63, 3.8) is 0 Å². The van der Waals surface area contributed by atoms with Crippen LogP contribution >= 0.6 is 0 Å². The van der Waals surface area contributed by atoms with Gasteiger partial charge in [0.2, 0.25) is 0 Å². The Morgan fingerprint density at radius 2 is 2.00 bits per heavy atom. The number of rotatable bonds is 5. The van der Waals surface area contributed by atoms with Gasteiger partial charge >= 0.3 is 0 Å². The average Bonchev–Trinajstić information content (AvgIpc) is 3.42. The van der Waals surface area contributed by atoms with E-state index in [4.69, 9.17) is 10.7 Å². The maximum absolute atomic E-state index is 12.2. The topological polar surface area (TPSA) is 70.7 Å². The van der Waals surface area contributed by atoms with Crippen LogP contribution in [0, 0.1) is 5.41 Å². The Balaban J connectivity index is 1.09. The zero-order chi connectivity index (χ0) is 22.4. The molecular formula is C28H34N4O. The number of anilines is 1. The quantitative estimate of drug-likeness (QED) is 0.637. The van der Waals surface area contributed by atoms with E-state index in [1.165, 1.54) is 57.2 Å². The molecule has 1 spiro atoms. The maximum atomic E-state index is 12.2. The van der Waals surface area contributed by atoms with Gasteiger partial charge in [0.25, 0.3) is 5.91 Å². The fourth-order valence-electron chi connectivity index (χ4n) is 6.69. The van der Waals surface area contributed by atoms with Crippen LogP contribution in [-0.4, -0.2) is 42.2 Å². The molecule has 33 heavy (non-hydrogen) atoms. The first kappa shape index (κ1) is 20.9. The molecule has 1 unspecified atom stereocenters. The summed E-state index contributed by atoms with van der Waals surface area (Å²) in [6.45, 7) is 2.36. The van der Waals surface area contributed by atoms with E-state index in [-0.39, 0.29) is 5.91 Å². The molecule has 1 amide bonds. The first-order valence-electron chi connectivity index (χ1n) is 12.7. The van der Waals surface area contributed by atoms with Crippen molar-refractivity contribution in [2.24, 2.45) is 16.1 Å². The SMILES string of the molecule is N/C=C(\C=NC1CCN(C2CCC3(CCC3)C2)CC1)Cc1ccc2c3c(cccc13)C(=O)N2. The van der Waals surface area contributed by atoms with Gasteiger partial charge in [-0.25, -0.2) is 0 Å². The highest BCUT2D eigenvalue weighted by atomic mass is 16.1. The number of benzene rings is 2. The summed E-state index contributed by atoms with van der Waals surface area (Å²) in [4.78, 5) is 19.9. The Bertz CT molecular complexity index is 1140. The number of carbonyl (C=O) groups is 1. The molecule has 2 saturated carbocycles. The lowest BCUT2D eigenvalue weighted by Gasteiger charge is -2.40. The molecule has 0 aromatic heterocycles. The van der Waals surface area contributed by atoms with Crippen LogP contribution in [-0.2, 0) is 6.42 Å². The van der Waals surface area contributed by atoms with Crippen LogP contribution < -0.4 is 11.1 Å². The second-order valence-corrected chi connectivity index (χ2v) is 10.7. The minimum absolute atomic E-state index is 0.0179. The summed E-state index contributed by atoms with van der Waals surface area (Å²) in [5, 5.41) is 5.10. The van der Waals surface area contributed by atoms with Gasteiger partial charge in [0.15, 0.2) is 0 Å². The van der Waals surface area contributed by atoms with Crippen molar-refractivity contribution in [1.82, 2.24) is 4.90 Å². The van der Waals surface area contributed by atoms with Crippen LogP contribution in [0.3, 0.4) is 0 Å². The number of nitrogens with two attached hydrogens (primary N) is 1. The van der Waals surface area contributed by atoms with Crippen molar-refractivity contribution < 1.29 is 4.79 Å². The second kappa shape index (κ2) is 8.28. The Morgan fingerprint density at radius 1 is 1.15 bits per heavy atom. The van der Waals surface area contributed by atoms with Crippen LogP contribution in [0.25, 0.3) is 10.8 Å². The lowest BCUT2D eigenvalue weighted by molar-refractivity contribution is 0.103. The molecule has 3 fully saturated rings. The van der Waals surface area contributed by atoms with Crippen molar-refractivity contribution in [2.75, 3.05) is 18.4 Å². The van der Waals surface area contributed by atoms with Crippen molar-refractivity contribution in [3.8, 4) is 0 Å². The van der Waals surface area contributed by atoms with E-state index in [1.54, 1.807) is 6.20 Å². The monoisotopic (exact) mass is 442 g/mol. The number of likely N-dealkylation sites (tertiary alicyclic amines) is 1. The highest BCUT2D eigenvalue weighted by Gasteiger charge is 2.45. The third-order valence-electron chi connectivity index (χ3n) is 8.79. The zero-order valence-electron chi connectivity index (χ0n) is 19.4. The van der Waals surface area contributed by atoms with E-state index in [0.29, 0.717) is 6.04 Å². The van der Waals surface area contributed by atoms with Gasteiger partial charge in [0, 0.05) is 48.4 Å². The highest BCUT2D eigenvalue weighted by Crippen LogP contribution is 2.54. The molecule has 0 radical (unpaired) electrons. The van der Waals surface area contributed by atoms with Crippen molar-refractivity contribution in [1.29, 1.82) is 0 Å². The van der Waals surface area contributed by atoms with Gasteiger partial charge in [-0.2, -0.15) is 0 Å². The van der Waals surface area contributed by atoms with Gasteiger partial charge in [-0.1, -0.05) is 24.6 Å². The van der Waals surface area contributed by atoms with Crippen LogP contribution in [0.1, 0.15) is 67.3 Å². The molecule has 172 valence electrons. The minimum Gasteiger partial charge on any atom is -0.404 e. The van der Waals surface area contributed by atoms with Gasteiger partial charge in [-0.3, -0.25) is 9.79 Å². The largest absolute Gasteiger partial charge is 0.404 e. The highest BCUT2D eigenvalue weighted by molar-refractivity contribution is 6.24. The van der Waals surface area contributed by atoms with E-state index < -0.39 is 0 Å². The fraction of sp³-hybridized carbons (Fsp3) is 0.500. The smallest absolute Gasteiger partial charge is 0.256 e. The molecule has 2 aromatic carbocycles. The van der Waals surface area contributed by atoms with E-state index >= 15 is 0 Å². The zero-order valence-corrected chi connectivity index (χ0v) is 19.4. The number of hydrogen-bond acceptors (Lipinski definition) is 4. The molecule has 1 saturated heterocycles. The molecule has 2 aromatic rings. The first-order valence-corrected chi connectivity index (χ1v) is 12.7. The predicted octanol–water partition coefficient (Wildman–Crippen LogP) is 5.05. The Labute approximate surface area is 196 Å². The number of carbonyl (C=O) groups excluding carboxylic acids is 1. The molecule has 0 bridgehead atoms. The lowest BCUT2D eigenvalue weighted by atomic mass is 9.67. The number of piperidine rings is 1. The molecule has 1 atom stereocenters. The van der Waals surface area contributed by atoms with Crippen LogP contribution in [0.4, 0.5) is 5.69 Å². The first-order chi connectivity index (χ1) is 16.1. The Morgan fingerprint density at radius 3 is 2.73 bits per heavy atom. The number of allylic oxidation sites excluding steroid dienone is 1. The minimum atomic E-state index is -0.0179. The molecule has 2 aliphatic carbocycles. The number of nitrogens with zero attached hydrogens (tertiary/aromatic N) is 2. The summed E-state index contributed by atoms with van der Waals surface area (Å²) in [5.74, 6) is -0.0179. The van der Waals surface area contributed by atoms with E-state index in [2.05, 4.69) is 22.3 Å². The summed E-state index contributed by atoms with van der Waals surface area (Å²) in [7, 11) is 0. The Kier molecular flexibility index (Phi) is 5.25. The molecule has 2 aliphatic heterocycles. The van der Waals surface area contributed by atoms with Gasteiger partial charge in [0.1, 0.15) is 0 Å². The van der Waals surface area contributed by atoms with Gasteiger partial charge in [-0.05, 0) is 85.2 Å². The predicted molar refractivity (Wildman–Crippen MR) is 135 cm³/mol. The van der Waals surface area contributed by atoms with E-state index in [9.17, 15) is 4.79 Å². The molecule has 5 heteroatoms. The Hall–Kier alpha value is -2.66. The molecule has 3 N–H and O–H groups in total. The summed E-state index contributed by atoms with van der Waals surface area (Å²) < 4.78 is 0. The van der Waals surface area contributed by atoms with Crippen LogP contribution in [0.15, 0.2) is 47.1 Å². The maximum Gasteiger partial charge on any atom is 0.256 e. The second-order valence-electron chi connectivity index (χ2n) is 10.7. The molecule has 5 nitrogen and oxygen atoms in total. The van der Waals surface area contributed by atoms with Gasteiger partial charge in [-0.15, -0.1) is 0 Å². The van der Waals surface area contributed by atoms with E-state index in [1.807, 2.05) is 24.4 Å². The van der Waals surface area contributed by atoms with Crippen LogP contribution in [0.2, 0.25) is 0 Å². The van der Waals surface area contributed by atoms with Crippen molar-refractivity contribution in [3.05, 3.63) is 53.2 Å². The number of aliphatic imine (C=N–C) groups is 1. The van der Waals surface area contributed by atoms with Crippen molar-refractivity contribution >= 4 is 28.6 Å². The molecule has 2 heterocycles. The van der Waals surface area contributed by atoms with Gasteiger partial charge < -0.3 is 16.0 Å². The fourth-order valence-corrected chi connectivity index (χ4v) is 6.69. The van der Waals surface area contributed by atoms with Crippen LogP contribution in [0.5, 0.6) is 0 Å². The average molecular weight is 443 g/mol. The third kappa shape index (κ3) is 3.76. The summed E-state index contributed by atoms with van der Waals surface area (Å²) >= 11 is 0. The molecule has 4 aliphatic rings. The summed E-state index contributed by atoms with van der Waals surface area (Å²) in [5.41, 5.74) is 10.6. The molecule has 6 rings (SSSR count). The summed E-state index contributed by atoms with van der Waals surface area (Å²) in [6, 6.07) is 11.3. The number of nitrogens with one attached hydrogen (secondary N) is 1. The normalized spacial score (nSPS) is 25.3. The number of hydrogen-bond donors (Lipinski definition) is 2. The van der Waals surface area contributed by atoms with E-state index in [0.717, 1.165) is 58.3 Å². The van der Waals surface area contributed by atoms with Crippen molar-refractivity contribution in [2.45, 2.75) is 69.9 Å². The lowest BCUT2D eigenvalue weighted by Crippen LogP contribution is -2.42. The third-order valence-corrected chi connectivity index (χ3v) is 8.79. The molecular weight excluding hydrogens is 408 g/mol. The summed E-state index contributed by atoms with van der Waals surface area (Å²) in [6.07, 6.45) is 15.4. The standard InChI is InChI=1S/C28H34N4O/c29-17-19(15-20-5-6-25-26-23(20)3-1-4-24(26)27(33)31-25)18-30-21-8-13-32(14-9-21)22-7-12-28(16-22)10-2-11-28/h1,3-6,17-18,21-22H,2,7-16,29H2,(H,31,33)/b19-17-,30-18?.